The third-order valence-electron chi connectivity index (χ3n) is 3.11. The van der Waals surface area contributed by atoms with Gasteiger partial charge in [-0.25, -0.2) is 4.98 Å². The van der Waals surface area contributed by atoms with Crippen molar-refractivity contribution < 1.29 is 14.0 Å². The van der Waals surface area contributed by atoms with Crippen LogP contribution in [0.2, 0.25) is 0 Å². The summed E-state index contributed by atoms with van der Waals surface area (Å²) in [5.74, 6) is 0.168. The van der Waals surface area contributed by atoms with Crippen molar-refractivity contribution in [2.45, 2.75) is 13.0 Å². The number of hydrogen-bond donors (Lipinski definition) is 2. The zero-order chi connectivity index (χ0) is 16.8. The Hall–Kier alpha value is -2.45. The van der Waals surface area contributed by atoms with Crippen LogP contribution in [0.5, 0.6) is 0 Å². The lowest BCUT2D eigenvalue weighted by Gasteiger charge is -2.05. The van der Waals surface area contributed by atoms with Gasteiger partial charge in [0.2, 0.25) is 11.8 Å². The van der Waals surface area contributed by atoms with Gasteiger partial charge in [-0.2, -0.15) is 0 Å². The molecule has 6 nitrogen and oxygen atoms in total. The van der Waals surface area contributed by atoms with E-state index in [0.717, 1.165) is 9.88 Å². The maximum absolute atomic E-state index is 11.9. The third kappa shape index (κ3) is 4.53. The number of carbonyl (C=O) groups is 2. The molecule has 0 aliphatic rings. The lowest BCUT2D eigenvalue weighted by Crippen LogP contribution is -2.37. The highest BCUT2D eigenvalue weighted by molar-refractivity contribution is 7.20. The first-order chi connectivity index (χ1) is 11.7. The van der Waals surface area contributed by atoms with Crippen molar-refractivity contribution in [1.82, 2.24) is 15.6 Å². The maximum Gasteiger partial charge on any atom is 0.239 e. The molecule has 3 heterocycles. The summed E-state index contributed by atoms with van der Waals surface area (Å²) in [5.41, 5.74) is 0.705. The van der Waals surface area contributed by atoms with E-state index in [-0.39, 0.29) is 24.8 Å². The number of aromatic nitrogens is 1. The van der Waals surface area contributed by atoms with Gasteiger partial charge in [-0.05, 0) is 23.6 Å². The highest BCUT2D eigenvalue weighted by Crippen LogP contribution is 2.27. The van der Waals surface area contributed by atoms with Gasteiger partial charge < -0.3 is 15.1 Å². The van der Waals surface area contributed by atoms with Gasteiger partial charge >= 0.3 is 0 Å². The van der Waals surface area contributed by atoms with Crippen LogP contribution in [-0.4, -0.2) is 23.3 Å². The molecule has 0 saturated heterocycles. The second-order valence-corrected chi connectivity index (χ2v) is 6.74. The van der Waals surface area contributed by atoms with Crippen LogP contribution in [0.25, 0.3) is 9.88 Å². The smallest absolute Gasteiger partial charge is 0.239 e. The monoisotopic (exact) mass is 361 g/mol. The molecule has 0 unspecified atom stereocenters. The summed E-state index contributed by atoms with van der Waals surface area (Å²) < 4.78 is 5.11. The largest absolute Gasteiger partial charge is 0.467 e. The van der Waals surface area contributed by atoms with Gasteiger partial charge in [0.25, 0.3) is 0 Å². The Morgan fingerprint density at radius 2 is 2.04 bits per heavy atom. The van der Waals surface area contributed by atoms with Crippen LogP contribution >= 0.6 is 22.7 Å². The Morgan fingerprint density at radius 1 is 1.12 bits per heavy atom. The number of nitrogens with zero attached hydrogens (tertiary/aromatic N) is 1. The molecule has 3 aromatic rings. The Kier molecular flexibility index (Phi) is 5.39. The van der Waals surface area contributed by atoms with Crippen LogP contribution in [-0.2, 0) is 22.6 Å². The summed E-state index contributed by atoms with van der Waals surface area (Å²) >= 11 is 3.12. The molecule has 0 aliphatic carbocycles. The summed E-state index contributed by atoms with van der Waals surface area (Å²) in [6, 6.07) is 7.49. The predicted octanol–water partition coefficient (Wildman–Crippen LogP) is 2.44. The molecule has 8 heteroatoms. The summed E-state index contributed by atoms with van der Waals surface area (Å²) in [7, 11) is 0. The second-order valence-electron chi connectivity index (χ2n) is 4.93. The molecule has 3 aromatic heterocycles. The fraction of sp³-hybridized carbons (Fsp3) is 0.188. The Labute approximate surface area is 146 Å². The highest BCUT2D eigenvalue weighted by atomic mass is 32.1. The minimum atomic E-state index is -0.266. The number of hydrogen-bond acceptors (Lipinski definition) is 6. The number of rotatable bonds is 7. The van der Waals surface area contributed by atoms with Crippen molar-refractivity contribution in [2.24, 2.45) is 0 Å². The molecule has 24 heavy (non-hydrogen) atoms. The van der Waals surface area contributed by atoms with Gasteiger partial charge in [-0.15, -0.1) is 22.7 Å². The summed E-state index contributed by atoms with van der Waals surface area (Å²) in [5, 5.41) is 10.0. The van der Waals surface area contributed by atoms with E-state index in [1.165, 1.54) is 11.3 Å². The molecule has 0 saturated carbocycles. The molecular formula is C16H15N3O3S2. The average molecular weight is 361 g/mol. The van der Waals surface area contributed by atoms with Crippen molar-refractivity contribution in [2.75, 3.05) is 6.54 Å². The van der Waals surface area contributed by atoms with Crippen molar-refractivity contribution in [3.63, 3.8) is 0 Å². The number of carbonyl (C=O) groups excluding carboxylic acids is 2. The topological polar surface area (TPSA) is 84.2 Å². The molecular weight excluding hydrogens is 346 g/mol. The molecule has 124 valence electrons. The minimum Gasteiger partial charge on any atom is -0.467 e. The summed E-state index contributed by atoms with van der Waals surface area (Å²) in [6.07, 6.45) is 1.70. The fourth-order valence-electron chi connectivity index (χ4n) is 1.97. The molecule has 0 radical (unpaired) electrons. The van der Waals surface area contributed by atoms with E-state index in [0.29, 0.717) is 18.0 Å². The molecule has 0 spiro atoms. The lowest BCUT2D eigenvalue weighted by molar-refractivity contribution is -0.125. The quantitative estimate of drug-likeness (QED) is 0.677. The number of amides is 2. The molecule has 0 aliphatic heterocycles. The summed E-state index contributed by atoms with van der Waals surface area (Å²) in [6.45, 7) is 0.236. The van der Waals surface area contributed by atoms with Crippen LogP contribution in [0.15, 0.2) is 45.7 Å². The standard InChI is InChI=1S/C16H15N3O3S2/c20-14(18-9-15(21)17-8-12-3-1-5-22-12)7-11-10-24-16(19-11)13-4-2-6-23-13/h1-6,10H,7-9H2,(H,17,21)(H,18,20). The third-order valence-corrected chi connectivity index (χ3v) is 5.04. The first-order valence-electron chi connectivity index (χ1n) is 7.25. The van der Waals surface area contributed by atoms with Gasteiger partial charge in [0.1, 0.15) is 10.8 Å². The maximum atomic E-state index is 11.9. The van der Waals surface area contributed by atoms with Crippen LogP contribution in [0.1, 0.15) is 11.5 Å². The second kappa shape index (κ2) is 7.89. The van der Waals surface area contributed by atoms with Gasteiger partial charge in [0.15, 0.2) is 0 Å². The van der Waals surface area contributed by atoms with Gasteiger partial charge in [-0.3, -0.25) is 9.59 Å². The number of furan rings is 1. The van der Waals surface area contributed by atoms with E-state index in [1.54, 1.807) is 29.7 Å². The van der Waals surface area contributed by atoms with Crippen LogP contribution < -0.4 is 10.6 Å². The normalized spacial score (nSPS) is 10.5. The Bertz CT molecular complexity index is 795. The molecule has 2 amide bonds. The van der Waals surface area contributed by atoms with E-state index in [1.807, 2.05) is 22.9 Å². The SMILES string of the molecule is O=C(CNC(=O)Cc1csc(-c2cccs2)n1)NCc1ccco1. The van der Waals surface area contributed by atoms with E-state index >= 15 is 0 Å². The van der Waals surface area contributed by atoms with Gasteiger partial charge in [0, 0.05) is 5.38 Å². The molecule has 3 rings (SSSR count). The van der Waals surface area contributed by atoms with Crippen molar-refractivity contribution in [1.29, 1.82) is 0 Å². The Balaban J connectivity index is 1.41. The molecule has 0 atom stereocenters. The lowest BCUT2D eigenvalue weighted by atomic mass is 10.3. The highest BCUT2D eigenvalue weighted by Gasteiger charge is 2.11. The zero-order valence-electron chi connectivity index (χ0n) is 12.7. The van der Waals surface area contributed by atoms with Crippen LogP contribution in [0, 0.1) is 0 Å². The van der Waals surface area contributed by atoms with Gasteiger partial charge in [-0.1, -0.05) is 6.07 Å². The van der Waals surface area contributed by atoms with Crippen molar-refractivity contribution >= 4 is 34.5 Å². The number of nitrogens with one attached hydrogen (secondary N) is 2. The zero-order valence-corrected chi connectivity index (χ0v) is 14.3. The number of thiophene rings is 1. The molecule has 0 aromatic carbocycles. The van der Waals surface area contributed by atoms with E-state index < -0.39 is 0 Å². The molecule has 0 fully saturated rings. The average Bonchev–Trinajstić information content (AvgIpc) is 3.31. The minimum absolute atomic E-state index is 0.0680. The molecule has 2 N–H and O–H groups in total. The fourth-order valence-corrected chi connectivity index (χ4v) is 3.60. The van der Waals surface area contributed by atoms with Crippen molar-refractivity contribution in [3.8, 4) is 9.88 Å². The van der Waals surface area contributed by atoms with Gasteiger partial charge in [0.05, 0.1) is 36.3 Å². The van der Waals surface area contributed by atoms with E-state index in [4.69, 9.17) is 4.42 Å². The van der Waals surface area contributed by atoms with Crippen molar-refractivity contribution in [3.05, 3.63) is 52.7 Å². The van der Waals surface area contributed by atoms with E-state index in [9.17, 15) is 9.59 Å². The van der Waals surface area contributed by atoms with E-state index in [2.05, 4.69) is 15.6 Å². The molecule has 0 bridgehead atoms. The van der Waals surface area contributed by atoms with Crippen LogP contribution in [0.4, 0.5) is 0 Å². The predicted molar refractivity (Wildman–Crippen MR) is 92.7 cm³/mol. The first kappa shape index (κ1) is 16.4. The number of thiazole rings is 1. The first-order valence-corrected chi connectivity index (χ1v) is 9.00. The summed E-state index contributed by atoms with van der Waals surface area (Å²) in [4.78, 5) is 29.1. The Morgan fingerprint density at radius 3 is 2.79 bits per heavy atom. The van der Waals surface area contributed by atoms with Crippen LogP contribution in [0.3, 0.4) is 0 Å².